The van der Waals surface area contributed by atoms with Gasteiger partial charge in [0.15, 0.2) is 11.5 Å². The summed E-state index contributed by atoms with van der Waals surface area (Å²) in [6, 6.07) is 7.22. The number of hydrogen-bond acceptors (Lipinski definition) is 5. The van der Waals surface area contributed by atoms with Crippen LogP contribution in [-0.4, -0.2) is 38.7 Å². The minimum atomic E-state index is -0.142. The van der Waals surface area contributed by atoms with Crippen LogP contribution in [0.4, 0.5) is 0 Å². The van der Waals surface area contributed by atoms with Crippen LogP contribution in [0.1, 0.15) is 10.4 Å². The van der Waals surface area contributed by atoms with Crippen LogP contribution in [0.5, 0.6) is 17.2 Å². The highest BCUT2D eigenvalue weighted by molar-refractivity contribution is 7.16. The quantitative estimate of drug-likeness (QED) is 0.448. The van der Waals surface area contributed by atoms with Crippen LogP contribution in [0.15, 0.2) is 43.0 Å². The van der Waals surface area contributed by atoms with E-state index in [1.165, 1.54) is 17.4 Å². The van der Waals surface area contributed by atoms with Gasteiger partial charge in [-0.1, -0.05) is 17.7 Å². The van der Waals surface area contributed by atoms with Crippen LogP contribution in [-0.2, 0) is 11.3 Å². The van der Waals surface area contributed by atoms with E-state index < -0.39 is 0 Å². The largest absolute Gasteiger partial charge is 0.496 e. The second kappa shape index (κ2) is 10.0. The first kappa shape index (κ1) is 20.9. The molecule has 27 heavy (non-hydrogen) atoms. The van der Waals surface area contributed by atoms with Crippen LogP contribution in [0.2, 0.25) is 4.34 Å². The van der Waals surface area contributed by atoms with Gasteiger partial charge in [-0.25, -0.2) is 0 Å². The predicted molar refractivity (Wildman–Crippen MR) is 110 cm³/mol. The van der Waals surface area contributed by atoms with Crippen molar-refractivity contribution in [1.29, 1.82) is 0 Å². The lowest BCUT2D eigenvalue weighted by molar-refractivity contribution is -0.126. The normalized spacial score (nSPS) is 10.7. The van der Waals surface area contributed by atoms with E-state index in [9.17, 15) is 4.79 Å². The number of thiophene rings is 1. The number of amides is 1. The molecule has 0 bridgehead atoms. The zero-order chi connectivity index (χ0) is 19.8. The maximum Gasteiger partial charge on any atom is 0.247 e. The topological polar surface area (TPSA) is 48.0 Å². The minimum Gasteiger partial charge on any atom is -0.496 e. The Bertz CT molecular complexity index is 831. The number of ether oxygens (including phenoxy) is 3. The highest BCUT2D eigenvalue weighted by Crippen LogP contribution is 2.35. The predicted octanol–water partition coefficient (Wildman–Crippen LogP) is 4.66. The summed E-state index contributed by atoms with van der Waals surface area (Å²) in [4.78, 5) is 15.3. The van der Waals surface area contributed by atoms with Gasteiger partial charge >= 0.3 is 0 Å². The summed E-state index contributed by atoms with van der Waals surface area (Å²) in [5.41, 5.74) is 0.709. The first-order valence-electron chi connectivity index (χ1n) is 8.14. The van der Waals surface area contributed by atoms with Crippen molar-refractivity contribution in [3.8, 4) is 17.2 Å². The Balaban J connectivity index is 2.23. The Morgan fingerprint density at radius 2 is 1.81 bits per heavy atom. The maximum absolute atomic E-state index is 12.7. The van der Waals surface area contributed by atoms with E-state index in [0.717, 1.165) is 4.88 Å². The molecule has 1 aromatic heterocycles. The fourth-order valence-corrected chi connectivity index (χ4v) is 3.57. The Morgan fingerprint density at radius 3 is 2.37 bits per heavy atom. The number of benzene rings is 1. The maximum atomic E-state index is 12.7. The lowest BCUT2D eigenvalue weighted by Crippen LogP contribution is -2.28. The van der Waals surface area contributed by atoms with Crippen LogP contribution < -0.4 is 14.2 Å². The molecule has 0 fully saturated rings. The summed E-state index contributed by atoms with van der Waals surface area (Å²) in [5.74, 6) is 1.55. The van der Waals surface area contributed by atoms with E-state index in [-0.39, 0.29) is 5.91 Å². The van der Waals surface area contributed by atoms with Gasteiger partial charge in [-0.2, -0.15) is 0 Å². The first-order valence-corrected chi connectivity index (χ1v) is 9.34. The molecule has 7 heteroatoms. The minimum absolute atomic E-state index is 0.142. The summed E-state index contributed by atoms with van der Waals surface area (Å²) >= 11 is 7.42. The molecule has 0 atom stereocenters. The highest BCUT2D eigenvalue weighted by atomic mass is 35.5. The second-order valence-electron chi connectivity index (χ2n) is 5.50. The number of carbonyl (C=O) groups excluding carboxylic acids is 1. The van der Waals surface area contributed by atoms with Crippen molar-refractivity contribution in [2.45, 2.75) is 6.54 Å². The van der Waals surface area contributed by atoms with E-state index in [4.69, 9.17) is 25.8 Å². The van der Waals surface area contributed by atoms with Crippen molar-refractivity contribution in [3.63, 3.8) is 0 Å². The molecule has 0 aliphatic heterocycles. The van der Waals surface area contributed by atoms with Crippen molar-refractivity contribution in [1.82, 2.24) is 4.90 Å². The van der Waals surface area contributed by atoms with E-state index in [2.05, 4.69) is 6.58 Å². The molecule has 5 nitrogen and oxygen atoms in total. The summed E-state index contributed by atoms with van der Waals surface area (Å²) in [5, 5.41) is 0. The van der Waals surface area contributed by atoms with Crippen molar-refractivity contribution < 1.29 is 19.0 Å². The molecule has 1 heterocycles. The molecular formula is C20H22ClNO4S. The van der Waals surface area contributed by atoms with Gasteiger partial charge in [0.25, 0.3) is 0 Å². The molecule has 0 saturated carbocycles. The van der Waals surface area contributed by atoms with Crippen molar-refractivity contribution >= 4 is 34.9 Å². The lowest BCUT2D eigenvalue weighted by Gasteiger charge is -2.18. The van der Waals surface area contributed by atoms with Gasteiger partial charge in [-0.05, 0) is 24.3 Å². The Labute approximate surface area is 168 Å². The van der Waals surface area contributed by atoms with Gasteiger partial charge in [0.2, 0.25) is 5.91 Å². The molecule has 1 amide bonds. The molecule has 0 aliphatic carbocycles. The van der Waals surface area contributed by atoms with Gasteiger partial charge in [0.05, 0.1) is 32.2 Å². The Kier molecular flexibility index (Phi) is 7.76. The van der Waals surface area contributed by atoms with E-state index in [1.807, 2.05) is 12.1 Å². The SMILES string of the molecule is C=CCN(Cc1ccc(Cl)s1)C(=O)/C=C/c1cc(OC)c(OC)cc1OC. The fraction of sp³-hybridized carbons (Fsp3) is 0.250. The Morgan fingerprint density at radius 1 is 1.15 bits per heavy atom. The van der Waals surface area contributed by atoms with Gasteiger partial charge in [-0.3, -0.25) is 4.79 Å². The van der Waals surface area contributed by atoms with Gasteiger partial charge in [0.1, 0.15) is 5.75 Å². The van der Waals surface area contributed by atoms with Gasteiger partial charge < -0.3 is 19.1 Å². The van der Waals surface area contributed by atoms with Crippen molar-refractivity contribution in [2.75, 3.05) is 27.9 Å². The summed E-state index contributed by atoms with van der Waals surface area (Å²) < 4.78 is 16.7. The molecule has 144 valence electrons. The second-order valence-corrected chi connectivity index (χ2v) is 7.30. The number of methoxy groups -OCH3 is 3. The number of rotatable bonds is 9. The number of hydrogen-bond donors (Lipinski definition) is 0. The van der Waals surface area contributed by atoms with Crippen molar-refractivity contribution in [2.24, 2.45) is 0 Å². The molecule has 0 N–H and O–H groups in total. The number of halogens is 1. The molecule has 0 saturated heterocycles. The third-order valence-electron chi connectivity index (χ3n) is 3.78. The van der Waals surface area contributed by atoms with Crippen LogP contribution in [0.25, 0.3) is 6.08 Å². The fourth-order valence-electron chi connectivity index (χ4n) is 2.46. The zero-order valence-electron chi connectivity index (χ0n) is 15.5. The average molecular weight is 408 g/mol. The van der Waals surface area contributed by atoms with E-state index in [1.54, 1.807) is 50.5 Å². The molecule has 0 radical (unpaired) electrons. The molecule has 0 aliphatic rings. The molecule has 0 spiro atoms. The standard InChI is InChI=1S/C20H22ClNO4S/c1-5-10-22(13-15-7-8-19(21)27-15)20(23)9-6-14-11-17(25-3)18(26-4)12-16(14)24-2/h5-9,11-12H,1,10,13H2,2-4H3/b9-6+. The smallest absolute Gasteiger partial charge is 0.247 e. The van der Waals surface area contributed by atoms with Crippen LogP contribution in [0.3, 0.4) is 0 Å². The molecule has 1 aromatic carbocycles. The average Bonchev–Trinajstić information content (AvgIpc) is 3.09. The summed E-state index contributed by atoms with van der Waals surface area (Å²) in [7, 11) is 4.67. The van der Waals surface area contributed by atoms with Gasteiger partial charge in [0, 0.05) is 29.1 Å². The molecule has 2 rings (SSSR count). The third-order valence-corrected chi connectivity index (χ3v) is 4.99. The van der Waals surface area contributed by atoms with Crippen LogP contribution >= 0.6 is 22.9 Å². The molecule has 0 unspecified atom stereocenters. The molecular weight excluding hydrogens is 386 g/mol. The van der Waals surface area contributed by atoms with E-state index in [0.29, 0.717) is 40.2 Å². The lowest BCUT2D eigenvalue weighted by atomic mass is 10.1. The van der Waals surface area contributed by atoms with E-state index >= 15 is 0 Å². The first-order chi connectivity index (χ1) is 13.0. The third kappa shape index (κ3) is 5.52. The number of nitrogens with zero attached hydrogens (tertiary/aromatic N) is 1. The monoisotopic (exact) mass is 407 g/mol. The molecule has 2 aromatic rings. The highest BCUT2D eigenvalue weighted by Gasteiger charge is 2.13. The summed E-state index contributed by atoms with van der Waals surface area (Å²) in [6.07, 6.45) is 4.89. The zero-order valence-corrected chi connectivity index (χ0v) is 17.1. The Hall–Kier alpha value is -2.44. The van der Waals surface area contributed by atoms with Crippen LogP contribution in [0, 0.1) is 0 Å². The van der Waals surface area contributed by atoms with Gasteiger partial charge in [-0.15, -0.1) is 17.9 Å². The van der Waals surface area contributed by atoms with Crippen molar-refractivity contribution in [3.05, 3.63) is 57.8 Å². The number of carbonyl (C=O) groups is 1. The summed E-state index contributed by atoms with van der Waals surface area (Å²) in [6.45, 7) is 4.63.